The Morgan fingerprint density at radius 2 is 2.26 bits per heavy atom. The predicted molar refractivity (Wildman–Crippen MR) is 82.8 cm³/mol. The lowest BCUT2D eigenvalue weighted by Crippen LogP contribution is -2.47. The largest absolute Gasteiger partial charge is 0.388 e. The molecule has 1 amide bonds. The summed E-state index contributed by atoms with van der Waals surface area (Å²) in [4.78, 5) is 12.4. The Kier molecular flexibility index (Phi) is 4.12. The molecule has 0 bridgehead atoms. The van der Waals surface area contributed by atoms with Crippen LogP contribution in [0.1, 0.15) is 35.4 Å². The number of aliphatic hydroxyl groups is 1. The molecule has 1 aliphatic carbocycles. The van der Waals surface area contributed by atoms with Gasteiger partial charge in [-0.05, 0) is 38.3 Å². The van der Waals surface area contributed by atoms with E-state index < -0.39 is 17.3 Å². The highest BCUT2D eigenvalue weighted by Crippen LogP contribution is 2.34. The van der Waals surface area contributed by atoms with Crippen LogP contribution >= 0.6 is 11.6 Å². The van der Waals surface area contributed by atoms with Crippen molar-refractivity contribution in [3.63, 3.8) is 0 Å². The SMILES string of the molecule is Cc1onc(-c2c(F)cccc2Cl)c1C(=O)NCC1(O)CCC1. The summed E-state index contributed by atoms with van der Waals surface area (Å²) in [6, 6.07) is 4.23. The third-order valence-electron chi connectivity index (χ3n) is 4.15. The first-order chi connectivity index (χ1) is 10.9. The van der Waals surface area contributed by atoms with Crippen LogP contribution in [-0.4, -0.2) is 28.3 Å². The van der Waals surface area contributed by atoms with Crippen LogP contribution in [0.4, 0.5) is 4.39 Å². The van der Waals surface area contributed by atoms with Crippen LogP contribution in [0.3, 0.4) is 0 Å². The first kappa shape index (κ1) is 16.0. The Hall–Kier alpha value is -1.92. The van der Waals surface area contributed by atoms with E-state index in [2.05, 4.69) is 10.5 Å². The van der Waals surface area contributed by atoms with Crippen LogP contribution in [0.2, 0.25) is 5.02 Å². The number of nitrogens with zero attached hydrogens (tertiary/aromatic N) is 1. The van der Waals surface area contributed by atoms with Gasteiger partial charge in [0, 0.05) is 6.54 Å². The monoisotopic (exact) mass is 338 g/mol. The zero-order valence-electron chi connectivity index (χ0n) is 12.5. The van der Waals surface area contributed by atoms with Gasteiger partial charge in [-0.3, -0.25) is 4.79 Å². The van der Waals surface area contributed by atoms with Crippen molar-refractivity contribution in [2.45, 2.75) is 31.8 Å². The number of nitrogens with one attached hydrogen (secondary N) is 1. The summed E-state index contributed by atoms with van der Waals surface area (Å²) in [5, 5.41) is 16.7. The Balaban J connectivity index is 1.91. The number of carbonyl (C=O) groups excluding carboxylic acids is 1. The van der Waals surface area contributed by atoms with Crippen LogP contribution in [0.15, 0.2) is 22.7 Å². The van der Waals surface area contributed by atoms with Gasteiger partial charge in [-0.25, -0.2) is 4.39 Å². The number of hydrogen-bond donors (Lipinski definition) is 2. The van der Waals surface area contributed by atoms with E-state index in [1.165, 1.54) is 18.2 Å². The zero-order chi connectivity index (χ0) is 16.6. The number of aryl methyl sites for hydroxylation is 1. The average Bonchev–Trinajstić information content (AvgIpc) is 2.84. The van der Waals surface area contributed by atoms with E-state index in [4.69, 9.17) is 16.1 Å². The van der Waals surface area contributed by atoms with E-state index in [1.807, 2.05) is 0 Å². The lowest BCUT2D eigenvalue weighted by molar-refractivity contribution is -0.0300. The van der Waals surface area contributed by atoms with E-state index >= 15 is 0 Å². The molecule has 1 fully saturated rings. The number of amides is 1. The number of rotatable bonds is 4. The minimum Gasteiger partial charge on any atom is -0.388 e. The van der Waals surface area contributed by atoms with Crippen molar-refractivity contribution in [2.24, 2.45) is 0 Å². The van der Waals surface area contributed by atoms with Gasteiger partial charge in [0.1, 0.15) is 22.8 Å². The molecule has 1 aromatic heterocycles. The molecule has 0 unspecified atom stereocenters. The van der Waals surface area contributed by atoms with E-state index in [1.54, 1.807) is 6.92 Å². The third kappa shape index (κ3) is 2.96. The first-order valence-electron chi connectivity index (χ1n) is 7.32. The van der Waals surface area contributed by atoms with E-state index in [9.17, 15) is 14.3 Å². The minimum absolute atomic E-state index is 0.0264. The van der Waals surface area contributed by atoms with Gasteiger partial charge in [-0.1, -0.05) is 22.8 Å². The summed E-state index contributed by atoms with van der Waals surface area (Å²) < 4.78 is 19.1. The fourth-order valence-electron chi connectivity index (χ4n) is 2.63. The molecule has 3 rings (SSSR count). The van der Waals surface area contributed by atoms with E-state index in [0.29, 0.717) is 12.8 Å². The molecule has 2 N–H and O–H groups in total. The molecule has 5 nitrogen and oxygen atoms in total. The van der Waals surface area contributed by atoms with Crippen LogP contribution in [0.25, 0.3) is 11.3 Å². The molecule has 23 heavy (non-hydrogen) atoms. The summed E-state index contributed by atoms with van der Waals surface area (Å²) in [6.45, 7) is 1.71. The molecule has 2 aromatic rings. The molecule has 0 spiro atoms. The van der Waals surface area contributed by atoms with Gasteiger partial charge >= 0.3 is 0 Å². The third-order valence-corrected chi connectivity index (χ3v) is 4.47. The molecule has 122 valence electrons. The van der Waals surface area contributed by atoms with Gasteiger partial charge in [-0.15, -0.1) is 0 Å². The van der Waals surface area contributed by atoms with Crippen molar-refractivity contribution in [2.75, 3.05) is 6.54 Å². The lowest BCUT2D eigenvalue weighted by atomic mass is 9.80. The second-order valence-electron chi connectivity index (χ2n) is 5.82. The summed E-state index contributed by atoms with van der Waals surface area (Å²) >= 11 is 6.04. The molecule has 1 heterocycles. The zero-order valence-corrected chi connectivity index (χ0v) is 13.3. The fourth-order valence-corrected chi connectivity index (χ4v) is 2.88. The van der Waals surface area contributed by atoms with Crippen molar-refractivity contribution < 1.29 is 18.8 Å². The maximum absolute atomic E-state index is 14.1. The molecule has 0 saturated heterocycles. The predicted octanol–water partition coefficient (Wildman–Crippen LogP) is 3.09. The topological polar surface area (TPSA) is 75.4 Å². The van der Waals surface area contributed by atoms with Crippen LogP contribution < -0.4 is 5.32 Å². The maximum atomic E-state index is 14.1. The maximum Gasteiger partial charge on any atom is 0.257 e. The number of aromatic nitrogens is 1. The lowest BCUT2D eigenvalue weighted by Gasteiger charge is -2.36. The quantitative estimate of drug-likeness (QED) is 0.898. The van der Waals surface area contributed by atoms with Crippen LogP contribution in [0.5, 0.6) is 0 Å². The van der Waals surface area contributed by atoms with Gasteiger partial charge < -0.3 is 14.9 Å². The molecular weight excluding hydrogens is 323 g/mol. The van der Waals surface area contributed by atoms with Crippen molar-refractivity contribution in [3.05, 3.63) is 40.4 Å². The highest BCUT2D eigenvalue weighted by molar-refractivity contribution is 6.33. The number of hydrogen-bond acceptors (Lipinski definition) is 4. The van der Waals surface area contributed by atoms with Gasteiger partial charge in [0.2, 0.25) is 0 Å². The van der Waals surface area contributed by atoms with Crippen LogP contribution in [0, 0.1) is 12.7 Å². The standard InChI is InChI=1S/C16H16ClFN2O3/c1-9-12(15(21)19-8-16(22)6-3-7-16)14(20-23-9)13-10(17)4-2-5-11(13)18/h2,4-5,22H,3,6-8H2,1H3,(H,19,21). The van der Waals surface area contributed by atoms with Crippen molar-refractivity contribution in [3.8, 4) is 11.3 Å². The second kappa shape index (κ2) is 5.94. The van der Waals surface area contributed by atoms with Gasteiger partial charge in [-0.2, -0.15) is 0 Å². The van der Waals surface area contributed by atoms with Crippen molar-refractivity contribution in [1.82, 2.24) is 10.5 Å². The summed E-state index contributed by atoms with van der Waals surface area (Å²) in [5.41, 5.74) is -0.640. The molecular formula is C16H16ClFN2O3. The minimum atomic E-state index is -0.851. The fraction of sp³-hybridized carbons (Fsp3) is 0.375. The Morgan fingerprint density at radius 1 is 1.52 bits per heavy atom. The molecule has 1 aromatic carbocycles. The van der Waals surface area contributed by atoms with Gasteiger partial charge in [0.05, 0.1) is 16.2 Å². The number of benzene rings is 1. The first-order valence-corrected chi connectivity index (χ1v) is 7.70. The molecule has 0 aliphatic heterocycles. The smallest absolute Gasteiger partial charge is 0.257 e. The van der Waals surface area contributed by atoms with Crippen LogP contribution in [-0.2, 0) is 0 Å². The number of carbonyl (C=O) groups is 1. The summed E-state index contributed by atoms with van der Waals surface area (Å²) in [5.74, 6) is -0.798. The number of halogens is 2. The Morgan fingerprint density at radius 3 is 2.87 bits per heavy atom. The molecule has 1 saturated carbocycles. The Labute approximate surface area is 137 Å². The summed E-state index contributed by atoms with van der Waals surface area (Å²) in [6.07, 6.45) is 2.25. The summed E-state index contributed by atoms with van der Waals surface area (Å²) in [7, 11) is 0. The molecule has 0 atom stereocenters. The van der Waals surface area contributed by atoms with Crippen molar-refractivity contribution >= 4 is 17.5 Å². The molecule has 0 radical (unpaired) electrons. The van der Waals surface area contributed by atoms with Crippen molar-refractivity contribution in [1.29, 1.82) is 0 Å². The van der Waals surface area contributed by atoms with Gasteiger partial charge in [0.15, 0.2) is 0 Å². The van der Waals surface area contributed by atoms with E-state index in [0.717, 1.165) is 6.42 Å². The highest BCUT2D eigenvalue weighted by atomic mass is 35.5. The van der Waals surface area contributed by atoms with E-state index in [-0.39, 0.29) is 34.1 Å². The average molecular weight is 339 g/mol. The second-order valence-corrected chi connectivity index (χ2v) is 6.23. The normalized spacial score (nSPS) is 16.0. The molecule has 1 aliphatic rings. The Bertz CT molecular complexity index is 736. The highest BCUT2D eigenvalue weighted by Gasteiger charge is 2.35. The molecule has 7 heteroatoms. The van der Waals surface area contributed by atoms with Gasteiger partial charge in [0.25, 0.3) is 5.91 Å².